The monoisotopic (exact) mass is 426 g/mol. The van der Waals surface area contributed by atoms with E-state index in [2.05, 4.69) is 16.4 Å². The van der Waals surface area contributed by atoms with Gasteiger partial charge in [-0.2, -0.15) is 5.26 Å². The van der Waals surface area contributed by atoms with E-state index in [0.717, 1.165) is 22.7 Å². The fraction of sp³-hybridized carbons (Fsp3) is 0.200. The molecule has 2 aromatic rings. The smallest absolute Gasteiger partial charge is 0.278 e. The third kappa shape index (κ3) is 4.93. The first-order chi connectivity index (χ1) is 13.6. The van der Waals surface area contributed by atoms with Crippen molar-refractivity contribution in [2.45, 2.75) is 18.4 Å². The van der Waals surface area contributed by atoms with Crippen LogP contribution in [0, 0.1) is 11.3 Å². The second kappa shape index (κ2) is 9.73. The van der Waals surface area contributed by atoms with Crippen LogP contribution in [0.2, 0.25) is 0 Å². The Labute approximate surface area is 178 Å². The van der Waals surface area contributed by atoms with E-state index >= 15 is 0 Å². The molecule has 0 bridgehead atoms. The summed E-state index contributed by atoms with van der Waals surface area (Å²) in [6.45, 7) is 3.26. The molecule has 142 valence electrons. The maximum absolute atomic E-state index is 12.4. The van der Waals surface area contributed by atoms with Gasteiger partial charge in [-0.05, 0) is 42.4 Å². The van der Waals surface area contributed by atoms with E-state index in [1.54, 1.807) is 11.0 Å². The zero-order valence-corrected chi connectivity index (χ0v) is 17.7. The summed E-state index contributed by atoms with van der Waals surface area (Å²) in [7, 11) is 0. The standard InChI is InChI=1S/C20H18N4OS3/c1-2-22-16-9-8-15(11-21)10-17(16)27-13-23-20-24(18(25)19(26)28-20)12-14-6-4-3-5-7-14/h3-10,22H,2,12-13H2,1H3. The Morgan fingerprint density at radius 3 is 2.79 bits per heavy atom. The van der Waals surface area contributed by atoms with Gasteiger partial charge in [0.15, 0.2) is 5.17 Å². The summed E-state index contributed by atoms with van der Waals surface area (Å²) in [6, 6.07) is 17.5. The highest BCUT2D eigenvalue weighted by atomic mass is 32.2. The Bertz CT molecular complexity index is 954. The highest BCUT2D eigenvalue weighted by Gasteiger charge is 2.33. The summed E-state index contributed by atoms with van der Waals surface area (Å²) >= 11 is 7.94. The molecule has 1 aliphatic heterocycles. The first kappa shape index (κ1) is 20.4. The molecule has 2 aromatic carbocycles. The SMILES string of the molecule is CCNc1ccc(C#N)cc1SCN=C1SC(=S)C(=O)N1Cc1ccccc1. The molecule has 3 rings (SSSR count). The van der Waals surface area contributed by atoms with Crippen LogP contribution >= 0.6 is 35.7 Å². The summed E-state index contributed by atoms with van der Waals surface area (Å²) in [5.41, 5.74) is 2.60. The van der Waals surface area contributed by atoms with Gasteiger partial charge in [-0.1, -0.05) is 42.5 Å². The molecule has 0 saturated carbocycles. The van der Waals surface area contributed by atoms with E-state index in [-0.39, 0.29) is 5.91 Å². The van der Waals surface area contributed by atoms with Gasteiger partial charge >= 0.3 is 0 Å². The van der Waals surface area contributed by atoms with Gasteiger partial charge in [0.05, 0.1) is 24.1 Å². The number of amides is 1. The van der Waals surface area contributed by atoms with Gasteiger partial charge in [0, 0.05) is 17.1 Å². The zero-order valence-electron chi connectivity index (χ0n) is 15.2. The summed E-state index contributed by atoms with van der Waals surface area (Å²) < 4.78 is 0.319. The van der Waals surface area contributed by atoms with Crippen molar-refractivity contribution >= 4 is 56.7 Å². The molecule has 1 N–H and O–H groups in total. The normalized spacial score (nSPS) is 15.1. The van der Waals surface area contributed by atoms with Gasteiger partial charge in [0.2, 0.25) is 0 Å². The van der Waals surface area contributed by atoms with Crippen molar-refractivity contribution in [2.24, 2.45) is 4.99 Å². The van der Waals surface area contributed by atoms with Crippen LogP contribution < -0.4 is 5.32 Å². The molecule has 1 amide bonds. The lowest BCUT2D eigenvalue weighted by Gasteiger charge is -2.15. The first-order valence-electron chi connectivity index (χ1n) is 8.65. The van der Waals surface area contributed by atoms with Crippen molar-refractivity contribution in [2.75, 3.05) is 17.7 Å². The number of amidine groups is 1. The molecule has 5 nitrogen and oxygen atoms in total. The number of thioether (sulfide) groups is 2. The Kier molecular flexibility index (Phi) is 7.09. The van der Waals surface area contributed by atoms with E-state index in [9.17, 15) is 4.79 Å². The van der Waals surface area contributed by atoms with Gasteiger partial charge in [-0.25, -0.2) is 0 Å². The average molecular weight is 427 g/mol. The molecule has 0 radical (unpaired) electrons. The lowest BCUT2D eigenvalue weighted by atomic mass is 10.2. The number of nitrogens with one attached hydrogen (secondary N) is 1. The van der Waals surface area contributed by atoms with Gasteiger partial charge < -0.3 is 5.32 Å². The molecule has 28 heavy (non-hydrogen) atoms. The Hall–Kier alpha value is -2.34. The second-order valence-electron chi connectivity index (χ2n) is 5.83. The molecule has 0 aromatic heterocycles. The minimum Gasteiger partial charge on any atom is -0.384 e. The summed E-state index contributed by atoms with van der Waals surface area (Å²) in [6.07, 6.45) is 0. The van der Waals surface area contributed by atoms with Crippen molar-refractivity contribution in [1.29, 1.82) is 5.26 Å². The lowest BCUT2D eigenvalue weighted by Crippen LogP contribution is -2.30. The van der Waals surface area contributed by atoms with E-state index in [0.29, 0.717) is 27.3 Å². The summed E-state index contributed by atoms with van der Waals surface area (Å²) in [5.74, 6) is 0.254. The fourth-order valence-electron chi connectivity index (χ4n) is 2.61. The number of aliphatic imine (C=N–C) groups is 1. The van der Waals surface area contributed by atoms with Crippen molar-refractivity contribution in [3.63, 3.8) is 0 Å². The van der Waals surface area contributed by atoms with E-state index in [1.807, 2.05) is 49.4 Å². The van der Waals surface area contributed by atoms with Crippen LogP contribution in [0.4, 0.5) is 5.69 Å². The number of carbonyl (C=O) groups is 1. The van der Waals surface area contributed by atoms with Crippen LogP contribution in [0.25, 0.3) is 0 Å². The number of hydrogen-bond donors (Lipinski definition) is 1. The highest BCUT2D eigenvalue weighted by Crippen LogP contribution is 2.30. The number of anilines is 1. The number of rotatable bonds is 7. The third-order valence-corrected chi connectivity index (χ3v) is 6.14. The summed E-state index contributed by atoms with van der Waals surface area (Å²) in [4.78, 5) is 19.6. The molecular formula is C20H18N4OS3. The topological polar surface area (TPSA) is 68.5 Å². The first-order valence-corrected chi connectivity index (χ1v) is 10.9. The highest BCUT2D eigenvalue weighted by molar-refractivity contribution is 8.35. The maximum atomic E-state index is 12.4. The largest absolute Gasteiger partial charge is 0.384 e. The lowest BCUT2D eigenvalue weighted by molar-refractivity contribution is -0.120. The number of nitriles is 1. The predicted molar refractivity (Wildman–Crippen MR) is 121 cm³/mol. The quantitative estimate of drug-likeness (QED) is 0.519. The van der Waals surface area contributed by atoms with Crippen LogP contribution in [0.1, 0.15) is 18.1 Å². The molecular weight excluding hydrogens is 408 g/mol. The molecule has 1 aliphatic rings. The van der Waals surface area contributed by atoms with Gasteiger partial charge in [0.25, 0.3) is 5.91 Å². The van der Waals surface area contributed by atoms with E-state index in [1.165, 1.54) is 23.5 Å². The zero-order chi connectivity index (χ0) is 19.9. The number of benzene rings is 2. The minimum absolute atomic E-state index is 0.174. The van der Waals surface area contributed by atoms with Gasteiger partial charge in [-0.3, -0.25) is 14.7 Å². The Balaban J connectivity index is 1.74. The van der Waals surface area contributed by atoms with Gasteiger partial charge in [-0.15, -0.1) is 11.8 Å². The molecule has 0 unspecified atom stereocenters. The third-order valence-electron chi connectivity index (χ3n) is 3.92. The minimum atomic E-state index is -0.174. The Morgan fingerprint density at radius 1 is 1.29 bits per heavy atom. The summed E-state index contributed by atoms with van der Waals surface area (Å²) in [5, 5.41) is 13.1. The second-order valence-corrected chi connectivity index (χ2v) is 8.46. The van der Waals surface area contributed by atoms with Crippen molar-refractivity contribution < 1.29 is 4.79 Å². The average Bonchev–Trinajstić information content (AvgIpc) is 2.98. The molecule has 1 heterocycles. The van der Waals surface area contributed by atoms with Crippen LogP contribution in [-0.4, -0.2) is 32.6 Å². The predicted octanol–water partition coefficient (Wildman–Crippen LogP) is 4.50. The molecule has 0 spiro atoms. The number of hydrogen-bond acceptors (Lipinski definition) is 7. The van der Waals surface area contributed by atoms with E-state index < -0.39 is 0 Å². The van der Waals surface area contributed by atoms with E-state index in [4.69, 9.17) is 17.5 Å². The van der Waals surface area contributed by atoms with Crippen molar-refractivity contribution in [3.8, 4) is 6.07 Å². The van der Waals surface area contributed by atoms with Crippen molar-refractivity contribution in [1.82, 2.24) is 4.90 Å². The van der Waals surface area contributed by atoms with Crippen LogP contribution in [0.5, 0.6) is 0 Å². The van der Waals surface area contributed by atoms with Crippen molar-refractivity contribution in [3.05, 3.63) is 59.7 Å². The molecule has 1 fully saturated rings. The molecule has 8 heteroatoms. The Morgan fingerprint density at radius 2 is 2.07 bits per heavy atom. The van der Waals surface area contributed by atoms with Crippen LogP contribution in [0.3, 0.4) is 0 Å². The molecule has 1 saturated heterocycles. The van der Waals surface area contributed by atoms with Crippen LogP contribution in [0.15, 0.2) is 58.4 Å². The number of carbonyl (C=O) groups excluding carboxylic acids is 1. The van der Waals surface area contributed by atoms with Gasteiger partial charge in [0.1, 0.15) is 4.20 Å². The molecule has 0 atom stereocenters. The molecule has 0 aliphatic carbocycles. The van der Waals surface area contributed by atoms with Crippen LogP contribution in [-0.2, 0) is 11.3 Å². The fourth-order valence-corrected chi connectivity index (χ4v) is 4.60. The maximum Gasteiger partial charge on any atom is 0.278 e. The number of nitrogens with zero attached hydrogens (tertiary/aromatic N) is 3. The number of thiocarbonyl (C=S) groups is 1.